The van der Waals surface area contributed by atoms with E-state index in [-0.39, 0.29) is 12.4 Å². The summed E-state index contributed by atoms with van der Waals surface area (Å²) in [7, 11) is 0. The molecule has 0 aliphatic rings. The molecule has 0 atom stereocenters. The highest BCUT2D eigenvalue weighted by atomic mass is 35.5. The first kappa shape index (κ1) is 23.8. The maximum atomic E-state index is 3.49. The van der Waals surface area contributed by atoms with Gasteiger partial charge in [-0.3, -0.25) is 0 Å². The van der Waals surface area contributed by atoms with Gasteiger partial charge in [-0.15, -0.1) is 0 Å². The smallest absolute Gasteiger partial charge is 0.254 e. The number of aromatic nitrogens is 2. The molecule has 0 unspecified atom stereocenters. The van der Waals surface area contributed by atoms with Crippen molar-refractivity contribution in [2.24, 2.45) is 0 Å². The molecule has 0 bridgehead atoms. The zero-order valence-electron chi connectivity index (χ0n) is 17.5. The van der Waals surface area contributed by atoms with E-state index in [0.29, 0.717) is 0 Å². The number of H-pyrrole nitrogens is 1. The second-order valence-electron chi connectivity index (χ2n) is 7.58. The molecule has 1 N–H and O–H groups in total. The molecule has 0 aliphatic carbocycles. The number of imidazole rings is 1. The van der Waals surface area contributed by atoms with Crippen molar-refractivity contribution < 1.29 is 17.0 Å². The molecule has 2 nitrogen and oxygen atoms in total. The van der Waals surface area contributed by atoms with Crippen LogP contribution in [0, 0.1) is 0 Å². The van der Waals surface area contributed by atoms with Crippen molar-refractivity contribution in [3.05, 3.63) is 53.6 Å². The molecule has 27 heavy (non-hydrogen) atoms. The lowest BCUT2D eigenvalue weighted by molar-refractivity contribution is -0.701. The highest BCUT2D eigenvalue weighted by Gasteiger charge is 2.16. The highest BCUT2D eigenvalue weighted by molar-refractivity contribution is 5.13. The Labute approximate surface area is 173 Å². The van der Waals surface area contributed by atoms with Crippen LogP contribution in [-0.2, 0) is 19.4 Å². The summed E-state index contributed by atoms with van der Waals surface area (Å²) in [6.45, 7) is 5.51. The van der Waals surface area contributed by atoms with Crippen LogP contribution in [0.1, 0.15) is 95.1 Å². The molecule has 0 saturated carbocycles. The fourth-order valence-electron chi connectivity index (χ4n) is 3.75. The van der Waals surface area contributed by atoms with Crippen LogP contribution in [0.15, 0.2) is 36.5 Å². The number of rotatable bonds is 14. The average molecular weight is 391 g/mol. The summed E-state index contributed by atoms with van der Waals surface area (Å²) in [6, 6.07) is 10.8. The van der Waals surface area contributed by atoms with Crippen LogP contribution in [-0.4, -0.2) is 4.98 Å². The second-order valence-corrected chi connectivity index (χ2v) is 7.58. The topological polar surface area (TPSA) is 19.7 Å². The lowest BCUT2D eigenvalue weighted by Gasteiger charge is -2.05. The SMILES string of the molecule is CCCCCCCCCCCCc1c[nH]c(CC)[n+]1Cc1ccccc1.[Cl-]. The third-order valence-electron chi connectivity index (χ3n) is 5.38. The van der Waals surface area contributed by atoms with Gasteiger partial charge in [0.15, 0.2) is 0 Å². The van der Waals surface area contributed by atoms with Crippen molar-refractivity contribution in [3.8, 4) is 0 Å². The van der Waals surface area contributed by atoms with Gasteiger partial charge in [0.25, 0.3) is 5.82 Å². The van der Waals surface area contributed by atoms with Crippen molar-refractivity contribution in [1.82, 2.24) is 4.98 Å². The van der Waals surface area contributed by atoms with Crippen molar-refractivity contribution >= 4 is 0 Å². The zero-order valence-corrected chi connectivity index (χ0v) is 18.2. The minimum absolute atomic E-state index is 0. The lowest BCUT2D eigenvalue weighted by Crippen LogP contribution is -3.00. The molecule has 2 aromatic rings. The first-order chi connectivity index (χ1) is 12.8. The summed E-state index contributed by atoms with van der Waals surface area (Å²) in [6.07, 6.45) is 18.5. The van der Waals surface area contributed by atoms with Gasteiger partial charge in [0.2, 0.25) is 0 Å². The van der Waals surface area contributed by atoms with E-state index in [4.69, 9.17) is 0 Å². The molecule has 1 aromatic heterocycles. The van der Waals surface area contributed by atoms with Crippen LogP contribution in [0.3, 0.4) is 0 Å². The number of aryl methyl sites for hydroxylation is 2. The summed E-state index contributed by atoms with van der Waals surface area (Å²) in [5, 5.41) is 0. The average Bonchev–Trinajstić information content (AvgIpc) is 3.06. The van der Waals surface area contributed by atoms with Gasteiger partial charge >= 0.3 is 0 Å². The fourth-order valence-corrected chi connectivity index (χ4v) is 3.75. The summed E-state index contributed by atoms with van der Waals surface area (Å²) in [4.78, 5) is 3.49. The largest absolute Gasteiger partial charge is 1.00 e. The first-order valence-electron chi connectivity index (χ1n) is 11.0. The van der Waals surface area contributed by atoms with Gasteiger partial charge in [-0.05, 0) is 12.0 Å². The molecular weight excluding hydrogens is 352 g/mol. The van der Waals surface area contributed by atoms with E-state index in [2.05, 4.69) is 59.9 Å². The standard InChI is InChI=1S/C24H38N2.ClH/c1-3-5-6-7-8-9-10-11-12-16-19-23-20-25-24(4-2)26(23)21-22-17-14-13-15-18-22;/h13-15,17-18,20H,3-12,16,19,21H2,1-2H3;1H. The number of benzene rings is 1. The molecule has 0 fully saturated rings. The number of aromatic amines is 1. The predicted octanol–water partition coefficient (Wildman–Crippen LogP) is 3.38. The van der Waals surface area contributed by atoms with Crippen molar-refractivity contribution in [1.29, 1.82) is 0 Å². The fraction of sp³-hybridized carbons (Fsp3) is 0.625. The molecular formula is C24H39ClN2. The minimum atomic E-state index is 0. The molecule has 3 heteroatoms. The second kappa shape index (κ2) is 14.7. The maximum absolute atomic E-state index is 3.49. The normalized spacial score (nSPS) is 10.7. The lowest BCUT2D eigenvalue weighted by atomic mass is 10.1. The minimum Gasteiger partial charge on any atom is -1.00 e. The van der Waals surface area contributed by atoms with Gasteiger partial charge in [0.1, 0.15) is 18.4 Å². The molecule has 1 aromatic carbocycles. The Bertz CT molecular complexity index is 592. The van der Waals surface area contributed by atoms with E-state index in [1.165, 1.54) is 87.7 Å². The number of hydrogen-bond donors (Lipinski definition) is 1. The maximum Gasteiger partial charge on any atom is 0.254 e. The van der Waals surface area contributed by atoms with Crippen LogP contribution in [0.25, 0.3) is 0 Å². The Hall–Kier alpha value is -1.28. The van der Waals surface area contributed by atoms with Crippen LogP contribution in [0.4, 0.5) is 0 Å². The summed E-state index contributed by atoms with van der Waals surface area (Å²) >= 11 is 0. The third kappa shape index (κ3) is 8.97. The van der Waals surface area contributed by atoms with Crippen LogP contribution in [0.2, 0.25) is 0 Å². The van der Waals surface area contributed by atoms with Crippen LogP contribution >= 0.6 is 0 Å². The van der Waals surface area contributed by atoms with Crippen molar-refractivity contribution in [2.45, 2.75) is 97.4 Å². The first-order valence-corrected chi connectivity index (χ1v) is 11.0. The van der Waals surface area contributed by atoms with Gasteiger partial charge in [-0.25, -0.2) is 9.55 Å². The van der Waals surface area contributed by atoms with Crippen molar-refractivity contribution in [3.63, 3.8) is 0 Å². The van der Waals surface area contributed by atoms with Gasteiger partial charge in [-0.2, -0.15) is 0 Å². The van der Waals surface area contributed by atoms with E-state index in [1.807, 2.05) is 0 Å². The Kier molecular flexibility index (Phi) is 13.0. The highest BCUT2D eigenvalue weighted by Crippen LogP contribution is 2.12. The van der Waals surface area contributed by atoms with E-state index < -0.39 is 0 Å². The van der Waals surface area contributed by atoms with E-state index >= 15 is 0 Å². The Morgan fingerprint density at radius 2 is 1.37 bits per heavy atom. The molecule has 0 amide bonds. The van der Waals surface area contributed by atoms with Crippen molar-refractivity contribution in [2.75, 3.05) is 0 Å². The molecule has 0 saturated heterocycles. The summed E-state index contributed by atoms with van der Waals surface area (Å²) in [5.41, 5.74) is 2.85. The summed E-state index contributed by atoms with van der Waals surface area (Å²) in [5.74, 6) is 1.34. The zero-order chi connectivity index (χ0) is 18.5. The quantitative estimate of drug-likeness (QED) is 0.377. The van der Waals surface area contributed by atoms with Gasteiger partial charge in [-0.1, -0.05) is 102 Å². The molecule has 152 valence electrons. The Morgan fingerprint density at radius 1 is 0.778 bits per heavy atom. The number of hydrogen-bond acceptors (Lipinski definition) is 0. The number of unbranched alkanes of at least 4 members (excludes halogenated alkanes) is 9. The van der Waals surface area contributed by atoms with Gasteiger partial charge in [0.05, 0.1) is 0 Å². The third-order valence-corrected chi connectivity index (χ3v) is 5.38. The number of nitrogens with zero attached hydrogens (tertiary/aromatic N) is 1. The molecule has 0 radical (unpaired) electrons. The number of halogens is 1. The van der Waals surface area contributed by atoms with Gasteiger partial charge in [0, 0.05) is 12.8 Å². The van der Waals surface area contributed by atoms with Crippen LogP contribution < -0.4 is 17.0 Å². The molecule has 2 rings (SSSR count). The predicted molar refractivity (Wildman–Crippen MR) is 111 cm³/mol. The molecule has 0 aliphatic heterocycles. The van der Waals surface area contributed by atoms with Crippen LogP contribution in [0.5, 0.6) is 0 Å². The van der Waals surface area contributed by atoms with E-state index in [1.54, 1.807) is 0 Å². The monoisotopic (exact) mass is 390 g/mol. The number of nitrogens with one attached hydrogen (secondary N) is 1. The van der Waals surface area contributed by atoms with Gasteiger partial charge < -0.3 is 12.4 Å². The molecule has 0 spiro atoms. The summed E-state index contributed by atoms with van der Waals surface area (Å²) < 4.78 is 2.49. The molecule has 1 heterocycles. The van der Waals surface area contributed by atoms with E-state index in [0.717, 1.165) is 13.0 Å². The Morgan fingerprint density at radius 3 is 1.96 bits per heavy atom. The Balaban J connectivity index is 0.00000364. The van der Waals surface area contributed by atoms with E-state index in [9.17, 15) is 0 Å².